The number of hydrogen-bond donors (Lipinski definition) is 2. The summed E-state index contributed by atoms with van der Waals surface area (Å²) in [5.74, 6) is -0.988. The highest BCUT2D eigenvalue weighted by Crippen LogP contribution is 2.24. The summed E-state index contributed by atoms with van der Waals surface area (Å²) in [7, 11) is 0. The van der Waals surface area contributed by atoms with Crippen LogP contribution in [0.3, 0.4) is 0 Å². The fourth-order valence-electron chi connectivity index (χ4n) is 2.65. The summed E-state index contributed by atoms with van der Waals surface area (Å²) >= 11 is 0. The van der Waals surface area contributed by atoms with Crippen molar-refractivity contribution in [2.75, 3.05) is 24.5 Å². The second-order valence-corrected chi connectivity index (χ2v) is 5.51. The van der Waals surface area contributed by atoms with Gasteiger partial charge in [-0.05, 0) is 30.5 Å². The molecule has 0 amide bonds. The molecule has 116 valence electrons. The number of benzene rings is 1. The van der Waals surface area contributed by atoms with E-state index in [1.165, 1.54) is 18.9 Å². The molecule has 1 aromatic carbocycles. The van der Waals surface area contributed by atoms with E-state index in [0.29, 0.717) is 18.8 Å². The number of nitrogens with zero attached hydrogens (tertiary/aromatic N) is 1. The van der Waals surface area contributed by atoms with Crippen molar-refractivity contribution in [3.63, 3.8) is 0 Å². The van der Waals surface area contributed by atoms with Gasteiger partial charge in [0.25, 0.3) is 0 Å². The van der Waals surface area contributed by atoms with Crippen LogP contribution in [0.4, 0.5) is 10.1 Å². The van der Waals surface area contributed by atoms with Gasteiger partial charge in [0.05, 0.1) is 12.1 Å². The molecule has 1 fully saturated rings. The number of nitrogens with one attached hydrogen (secondary N) is 1. The van der Waals surface area contributed by atoms with Crippen molar-refractivity contribution in [3.05, 3.63) is 29.6 Å². The van der Waals surface area contributed by atoms with E-state index in [1.54, 1.807) is 6.07 Å². The lowest BCUT2D eigenvalue weighted by atomic mass is 10.1. The molecule has 0 unspecified atom stereocenters. The summed E-state index contributed by atoms with van der Waals surface area (Å²) in [4.78, 5) is 12.6. The van der Waals surface area contributed by atoms with Crippen LogP contribution in [0, 0.1) is 5.82 Å². The Bertz CT molecular complexity index is 471. The molecule has 0 radical (unpaired) electrons. The minimum atomic E-state index is -0.813. The van der Waals surface area contributed by atoms with E-state index in [4.69, 9.17) is 5.11 Å². The summed E-state index contributed by atoms with van der Waals surface area (Å²) < 4.78 is 14.0. The van der Waals surface area contributed by atoms with E-state index in [1.807, 2.05) is 6.07 Å². The topological polar surface area (TPSA) is 52.6 Å². The van der Waals surface area contributed by atoms with Gasteiger partial charge in [-0.3, -0.25) is 4.79 Å². The maximum Gasteiger partial charge on any atom is 0.304 e. The van der Waals surface area contributed by atoms with Crippen molar-refractivity contribution in [1.29, 1.82) is 0 Å². The smallest absolute Gasteiger partial charge is 0.304 e. The Balaban J connectivity index is 1.97. The van der Waals surface area contributed by atoms with Crippen LogP contribution in [-0.2, 0) is 11.3 Å². The third kappa shape index (κ3) is 5.01. The second kappa shape index (κ2) is 7.98. The standard InChI is InChI=1S/C16H23FN2O2/c17-14-6-5-13(12-18-8-7-16(20)21)11-15(14)19-9-3-1-2-4-10-19/h5-6,11,18H,1-4,7-10,12H2,(H,20,21). The van der Waals surface area contributed by atoms with Crippen LogP contribution in [0.15, 0.2) is 18.2 Å². The Morgan fingerprint density at radius 1 is 1.24 bits per heavy atom. The predicted octanol–water partition coefficient (Wildman–Crippen LogP) is 2.77. The third-order valence-corrected chi connectivity index (χ3v) is 3.80. The van der Waals surface area contributed by atoms with Crippen LogP contribution in [0.2, 0.25) is 0 Å². The molecule has 1 aliphatic rings. The van der Waals surface area contributed by atoms with Gasteiger partial charge in [0.15, 0.2) is 0 Å². The molecule has 0 saturated carbocycles. The lowest BCUT2D eigenvalue weighted by molar-refractivity contribution is -0.136. The van der Waals surface area contributed by atoms with E-state index < -0.39 is 5.97 Å². The molecule has 1 aliphatic heterocycles. The van der Waals surface area contributed by atoms with Gasteiger partial charge < -0.3 is 15.3 Å². The van der Waals surface area contributed by atoms with Crippen LogP contribution in [0.1, 0.15) is 37.7 Å². The van der Waals surface area contributed by atoms with E-state index in [9.17, 15) is 9.18 Å². The molecule has 0 atom stereocenters. The van der Waals surface area contributed by atoms with Crippen LogP contribution in [0.5, 0.6) is 0 Å². The van der Waals surface area contributed by atoms with Gasteiger partial charge >= 0.3 is 5.97 Å². The Morgan fingerprint density at radius 3 is 2.62 bits per heavy atom. The number of halogens is 1. The van der Waals surface area contributed by atoms with E-state index in [-0.39, 0.29) is 12.2 Å². The number of rotatable bonds is 6. The minimum Gasteiger partial charge on any atom is -0.481 e. The van der Waals surface area contributed by atoms with Crippen LogP contribution >= 0.6 is 0 Å². The molecule has 1 aromatic rings. The zero-order valence-electron chi connectivity index (χ0n) is 12.3. The summed E-state index contributed by atoms with van der Waals surface area (Å²) in [6.45, 7) is 2.81. The highest BCUT2D eigenvalue weighted by atomic mass is 19.1. The Hall–Kier alpha value is -1.62. The van der Waals surface area contributed by atoms with E-state index >= 15 is 0 Å². The normalized spacial score (nSPS) is 15.8. The van der Waals surface area contributed by atoms with E-state index in [0.717, 1.165) is 31.5 Å². The fourth-order valence-corrected chi connectivity index (χ4v) is 2.65. The molecular formula is C16H23FN2O2. The van der Waals surface area contributed by atoms with Crippen LogP contribution in [0.25, 0.3) is 0 Å². The number of carboxylic acids is 1. The molecule has 21 heavy (non-hydrogen) atoms. The van der Waals surface area contributed by atoms with Gasteiger partial charge in [0, 0.05) is 26.2 Å². The Labute approximate surface area is 125 Å². The Morgan fingerprint density at radius 2 is 1.95 bits per heavy atom. The third-order valence-electron chi connectivity index (χ3n) is 3.80. The first-order valence-electron chi connectivity index (χ1n) is 7.63. The van der Waals surface area contributed by atoms with Crippen molar-refractivity contribution in [2.45, 2.75) is 38.6 Å². The molecule has 0 spiro atoms. The first-order chi connectivity index (χ1) is 10.2. The highest BCUT2D eigenvalue weighted by Gasteiger charge is 2.14. The zero-order chi connectivity index (χ0) is 15.1. The number of aliphatic carboxylic acids is 1. The minimum absolute atomic E-state index is 0.0974. The molecule has 2 N–H and O–H groups in total. The SMILES string of the molecule is O=C(O)CCNCc1ccc(F)c(N2CCCCCC2)c1. The lowest BCUT2D eigenvalue weighted by Gasteiger charge is -2.23. The van der Waals surface area contributed by atoms with Gasteiger partial charge in [-0.15, -0.1) is 0 Å². The fraction of sp³-hybridized carbons (Fsp3) is 0.562. The summed E-state index contributed by atoms with van der Waals surface area (Å²) in [5.41, 5.74) is 1.66. The van der Waals surface area contributed by atoms with Crippen molar-refractivity contribution >= 4 is 11.7 Å². The zero-order valence-corrected chi connectivity index (χ0v) is 12.3. The van der Waals surface area contributed by atoms with Gasteiger partial charge in [0.1, 0.15) is 5.82 Å². The molecule has 2 rings (SSSR count). The molecule has 0 bridgehead atoms. The van der Waals surface area contributed by atoms with Crippen molar-refractivity contribution in [2.24, 2.45) is 0 Å². The maximum atomic E-state index is 14.0. The summed E-state index contributed by atoms with van der Waals surface area (Å²) in [5, 5.41) is 11.7. The average molecular weight is 294 g/mol. The summed E-state index contributed by atoms with van der Waals surface area (Å²) in [6.07, 6.45) is 4.75. The molecule has 0 aliphatic carbocycles. The molecule has 0 aromatic heterocycles. The number of carbonyl (C=O) groups is 1. The Kier molecular flexibility index (Phi) is 5.99. The van der Waals surface area contributed by atoms with Gasteiger partial charge in [0.2, 0.25) is 0 Å². The summed E-state index contributed by atoms with van der Waals surface area (Å²) in [6, 6.07) is 5.15. The van der Waals surface area contributed by atoms with Crippen molar-refractivity contribution in [3.8, 4) is 0 Å². The van der Waals surface area contributed by atoms with Gasteiger partial charge in [-0.2, -0.15) is 0 Å². The van der Waals surface area contributed by atoms with Crippen LogP contribution in [-0.4, -0.2) is 30.7 Å². The quantitative estimate of drug-likeness (QED) is 0.792. The van der Waals surface area contributed by atoms with Crippen molar-refractivity contribution < 1.29 is 14.3 Å². The van der Waals surface area contributed by atoms with Crippen LogP contribution < -0.4 is 10.2 Å². The van der Waals surface area contributed by atoms with Crippen molar-refractivity contribution in [1.82, 2.24) is 5.32 Å². The predicted molar refractivity (Wildman–Crippen MR) is 81.0 cm³/mol. The molecule has 1 heterocycles. The molecule has 5 heteroatoms. The monoisotopic (exact) mass is 294 g/mol. The molecular weight excluding hydrogens is 271 g/mol. The molecule has 4 nitrogen and oxygen atoms in total. The highest BCUT2D eigenvalue weighted by molar-refractivity contribution is 5.66. The first kappa shape index (κ1) is 15.8. The first-order valence-corrected chi connectivity index (χ1v) is 7.63. The van der Waals surface area contributed by atoms with Gasteiger partial charge in [-0.1, -0.05) is 18.9 Å². The van der Waals surface area contributed by atoms with E-state index in [2.05, 4.69) is 10.2 Å². The number of carboxylic acid groups (broad SMARTS) is 1. The maximum absolute atomic E-state index is 14.0. The second-order valence-electron chi connectivity index (χ2n) is 5.51. The largest absolute Gasteiger partial charge is 0.481 e. The lowest BCUT2D eigenvalue weighted by Crippen LogP contribution is -2.25. The molecule has 1 saturated heterocycles. The number of anilines is 1. The number of hydrogen-bond acceptors (Lipinski definition) is 3. The van der Waals surface area contributed by atoms with Gasteiger partial charge in [-0.25, -0.2) is 4.39 Å². The average Bonchev–Trinajstić information content (AvgIpc) is 2.74.